The highest BCUT2D eigenvalue weighted by atomic mass is 35.5. The topological polar surface area (TPSA) is 12.0 Å². The standard InChI is InChI=1S/C11H20ClN/c1-10(2)3-8-13-9-11(4-5-11)6-7-12/h3,13H,4-9H2,1-2H3. The molecule has 0 bridgehead atoms. The minimum absolute atomic E-state index is 0.567. The normalized spacial score (nSPS) is 18.4. The van der Waals surface area contributed by atoms with Crippen LogP contribution in [-0.2, 0) is 0 Å². The second-order valence-corrected chi connectivity index (χ2v) is 4.73. The van der Waals surface area contributed by atoms with Crippen LogP contribution in [0.15, 0.2) is 11.6 Å². The first-order chi connectivity index (χ1) is 6.18. The average molecular weight is 202 g/mol. The molecule has 2 heteroatoms. The van der Waals surface area contributed by atoms with Gasteiger partial charge in [-0.25, -0.2) is 0 Å². The van der Waals surface area contributed by atoms with Gasteiger partial charge in [-0.15, -0.1) is 11.6 Å². The number of halogens is 1. The lowest BCUT2D eigenvalue weighted by atomic mass is 10.0. The van der Waals surface area contributed by atoms with E-state index < -0.39 is 0 Å². The van der Waals surface area contributed by atoms with Crippen molar-refractivity contribution < 1.29 is 0 Å². The summed E-state index contributed by atoms with van der Waals surface area (Å²) in [6.45, 7) is 6.41. The SMILES string of the molecule is CC(C)=CCNCC1(CCCl)CC1. The lowest BCUT2D eigenvalue weighted by Gasteiger charge is -2.13. The van der Waals surface area contributed by atoms with E-state index in [-0.39, 0.29) is 0 Å². The van der Waals surface area contributed by atoms with Crippen LogP contribution in [0.5, 0.6) is 0 Å². The van der Waals surface area contributed by atoms with Crippen molar-refractivity contribution in [2.24, 2.45) is 5.41 Å². The van der Waals surface area contributed by atoms with E-state index >= 15 is 0 Å². The molecule has 1 rings (SSSR count). The van der Waals surface area contributed by atoms with Crippen LogP contribution in [0.1, 0.15) is 33.1 Å². The molecule has 1 saturated carbocycles. The Morgan fingerprint density at radius 2 is 2.15 bits per heavy atom. The zero-order valence-electron chi connectivity index (χ0n) is 8.70. The van der Waals surface area contributed by atoms with Crippen LogP contribution in [0, 0.1) is 5.41 Å². The molecule has 13 heavy (non-hydrogen) atoms. The van der Waals surface area contributed by atoms with Crippen LogP contribution in [0.3, 0.4) is 0 Å². The van der Waals surface area contributed by atoms with Gasteiger partial charge in [-0.3, -0.25) is 0 Å². The maximum absolute atomic E-state index is 5.75. The third-order valence-corrected chi connectivity index (χ3v) is 2.93. The zero-order valence-corrected chi connectivity index (χ0v) is 9.45. The van der Waals surface area contributed by atoms with Crippen molar-refractivity contribution in [2.75, 3.05) is 19.0 Å². The van der Waals surface area contributed by atoms with Crippen molar-refractivity contribution in [2.45, 2.75) is 33.1 Å². The van der Waals surface area contributed by atoms with Crippen molar-refractivity contribution >= 4 is 11.6 Å². The fraction of sp³-hybridized carbons (Fsp3) is 0.818. The number of hydrogen-bond acceptors (Lipinski definition) is 1. The fourth-order valence-corrected chi connectivity index (χ4v) is 1.91. The number of nitrogens with one attached hydrogen (secondary N) is 1. The quantitative estimate of drug-likeness (QED) is 0.396. The molecule has 76 valence electrons. The summed E-state index contributed by atoms with van der Waals surface area (Å²) in [7, 11) is 0. The van der Waals surface area contributed by atoms with E-state index in [1.54, 1.807) is 0 Å². The Balaban J connectivity index is 2.09. The smallest absolute Gasteiger partial charge is 0.0229 e. The minimum atomic E-state index is 0.567. The van der Waals surface area contributed by atoms with Crippen LogP contribution >= 0.6 is 11.6 Å². The zero-order chi connectivity index (χ0) is 9.73. The average Bonchev–Trinajstić information content (AvgIpc) is 2.80. The summed E-state index contributed by atoms with van der Waals surface area (Å²) >= 11 is 5.75. The van der Waals surface area contributed by atoms with Crippen LogP contribution in [-0.4, -0.2) is 19.0 Å². The van der Waals surface area contributed by atoms with E-state index in [0.717, 1.165) is 19.0 Å². The molecule has 0 aromatic heterocycles. The lowest BCUT2D eigenvalue weighted by molar-refractivity contribution is 0.458. The highest BCUT2D eigenvalue weighted by molar-refractivity contribution is 6.17. The first-order valence-corrected chi connectivity index (χ1v) is 5.62. The second kappa shape index (κ2) is 5.02. The molecule has 0 spiro atoms. The molecular weight excluding hydrogens is 182 g/mol. The Kier molecular flexibility index (Phi) is 4.27. The fourth-order valence-electron chi connectivity index (χ4n) is 1.51. The molecule has 0 atom stereocenters. The molecule has 0 radical (unpaired) electrons. The summed E-state index contributed by atoms with van der Waals surface area (Å²) in [6.07, 6.45) is 6.14. The summed E-state index contributed by atoms with van der Waals surface area (Å²) in [6, 6.07) is 0. The van der Waals surface area contributed by atoms with E-state index in [4.69, 9.17) is 11.6 Å². The van der Waals surface area contributed by atoms with Crippen molar-refractivity contribution in [3.05, 3.63) is 11.6 Å². The van der Waals surface area contributed by atoms with E-state index in [2.05, 4.69) is 25.2 Å². The molecule has 1 aliphatic rings. The van der Waals surface area contributed by atoms with Crippen molar-refractivity contribution in [1.82, 2.24) is 5.32 Å². The lowest BCUT2D eigenvalue weighted by Crippen LogP contribution is -2.24. The third-order valence-electron chi connectivity index (χ3n) is 2.74. The summed E-state index contributed by atoms with van der Waals surface area (Å²) in [5, 5.41) is 3.47. The first kappa shape index (κ1) is 11.1. The van der Waals surface area contributed by atoms with Crippen LogP contribution in [0.25, 0.3) is 0 Å². The molecule has 1 aliphatic carbocycles. The number of alkyl halides is 1. The van der Waals surface area contributed by atoms with E-state index in [1.165, 1.54) is 24.8 Å². The van der Waals surface area contributed by atoms with E-state index in [9.17, 15) is 0 Å². The van der Waals surface area contributed by atoms with Crippen LogP contribution in [0.2, 0.25) is 0 Å². The van der Waals surface area contributed by atoms with Gasteiger partial charge < -0.3 is 5.32 Å². The molecule has 0 saturated heterocycles. The van der Waals surface area contributed by atoms with Gasteiger partial charge in [-0.1, -0.05) is 11.6 Å². The van der Waals surface area contributed by atoms with Gasteiger partial charge in [0.2, 0.25) is 0 Å². The summed E-state index contributed by atoms with van der Waals surface area (Å²) in [4.78, 5) is 0. The van der Waals surface area contributed by atoms with Gasteiger partial charge in [0.25, 0.3) is 0 Å². The summed E-state index contributed by atoms with van der Waals surface area (Å²) in [5.74, 6) is 0.810. The maximum Gasteiger partial charge on any atom is 0.0229 e. The molecular formula is C11H20ClN. The second-order valence-electron chi connectivity index (χ2n) is 4.35. The maximum atomic E-state index is 5.75. The molecule has 0 heterocycles. The van der Waals surface area contributed by atoms with Crippen molar-refractivity contribution in [1.29, 1.82) is 0 Å². The molecule has 1 fully saturated rings. The van der Waals surface area contributed by atoms with Gasteiger partial charge in [0.15, 0.2) is 0 Å². The minimum Gasteiger partial charge on any atom is -0.313 e. The van der Waals surface area contributed by atoms with Gasteiger partial charge in [0, 0.05) is 19.0 Å². The first-order valence-electron chi connectivity index (χ1n) is 5.09. The molecule has 0 aromatic carbocycles. The molecule has 0 aliphatic heterocycles. The van der Waals surface area contributed by atoms with E-state index in [0.29, 0.717) is 5.41 Å². The van der Waals surface area contributed by atoms with Gasteiger partial charge in [-0.2, -0.15) is 0 Å². The summed E-state index contributed by atoms with van der Waals surface area (Å²) < 4.78 is 0. The van der Waals surface area contributed by atoms with Crippen molar-refractivity contribution in [3.8, 4) is 0 Å². The number of allylic oxidation sites excluding steroid dienone is 1. The molecule has 0 unspecified atom stereocenters. The molecule has 0 aromatic rings. The molecule has 1 N–H and O–H groups in total. The Hall–Kier alpha value is -0.0100. The van der Waals surface area contributed by atoms with Gasteiger partial charge in [0.05, 0.1) is 0 Å². The van der Waals surface area contributed by atoms with Gasteiger partial charge in [0.1, 0.15) is 0 Å². The number of hydrogen-bond donors (Lipinski definition) is 1. The predicted molar refractivity (Wildman–Crippen MR) is 59.3 cm³/mol. The van der Waals surface area contributed by atoms with Crippen LogP contribution in [0.4, 0.5) is 0 Å². The Bertz CT molecular complexity index is 179. The van der Waals surface area contributed by atoms with E-state index in [1.807, 2.05) is 0 Å². The van der Waals surface area contributed by atoms with Gasteiger partial charge in [-0.05, 0) is 38.5 Å². The Labute approximate surface area is 86.5 Å². The highest BCUT2D eigenvalue weighted by Crippen LogP contribution is 2.48. The molecule has 0 amide bonds. The highest BCUT2D eigenvalue weighted by Gasteiger charge is 2.40. The predicted octanol–water partition coefficient (Wildman–Crippen LogP) is 2.95. The van der Waals surface area contributed by atoms with Crippen molar-refractivity contribution in [3.63, 3.8) is 0 Å². The van der Waals surface area contributed by atoms with Crippen LogP contribution < -0.4 is 5.32 Å². The Morgan fingerprint density at radius 1 is 1.46 bits per heavy atom. The largest absolute Gasteiger partial charge is 0.313 e. The number of rotatable bonds is 6. The monoisotopic (exact) mass is 201 g/mol. The summed E-state index contributed by atoms with van der Waals surface area (Å²) in [5.41, 5.74) is 1.95. The third kappa shape index (κ3) is 4.15. The molecule has 1 nitrogen and oxygen atoms in total. The van der Waals surface area contributed by atoms with Gasteiger partial charge >= 0.3 is 0 Å². The Morgan fingerprint density at radius 3 is 2.62 bits per heavy atom.